The Kier molecular flexibility index (Phi) is 4.36. The van der Waals surface area contributed by atoms with Gasteiger partial charge in [0.25, 0.3) is 0 Å². The third-order valence-corrected chi connectivity index (χ3v) is 3.04. The summed E-state index contributed by atoms with van der Waals surface area (Å²) in [5.74, 6) is 0. The van der Waals surface area contributed by atoms with Crippen molar-refractivity contribution in [2.24, 2.45) is 7.05 Å². The molecule has 0 saturated heterocycles. The summed E-state index contributed by atoms with van der Waals surface area (Å²) in [6.45, 7) is 7.17. The van der Waals surface area contributed by atoms with Crippen molar-refractivity contribution in [1.82, 2.24) is 14.8 Å². The fraction of sp³-hybridized carbons (Fsp3) is 0.375. The summed E-state index contributed by atoms with van der Waals surface area (Å²) in [5, 5.41) is 15.9. The first-order chi connectivity index (χ1) is 10.7. The molecule has 0 radical (unpaired) electrons. The Bertz CT molecular complexity index is 781. The number of carbonyl (C=O) groups excluding carboxylic acids is 1. The normalized spacial score (nSPS) is 11.0. The minimum Gasteiger partial charge on any atom is -0.444 e. The van der Waals surface area contributed by atoms with Crippen LogP contribution in [0.4, 0.5) is 10.5 Å². The van der Waals surface area contributed by atoms with E-state index in [0.717, 1.165) is 0 Å². The highest BCUT2D eigenvalue weighted by Gasteiger charge is 2.18. The third kappa shape index (κ3) is 3.86. The maximum atomic E-state index is 11.8. The van der Waals surface area contributed by atoms with Gasteiger partial charge in [0.15, 0.2) is 0 Å². The molecule has 0 aliphatic heterocycles. The van der Waals surface area contributed by atoms with Gasteiger partial charge in [-0.1, -0.05) is 0 Å². The van der Waals surface area contributed by atoms with Crippen molar-refractivity contribution >= 4 is 11.8 Å². The van der Waals surface area contributed by atoms with Crippen LogP contribution in [0, 0.1) is 18.3 Å². The zero-order valence-electron chi connectivity index (χ0n) is 13.8. The molecular formula is C16H19N5O2. The number of rotatable bonds is 2. The first-order valence-electron chi connectivity index (χ1n) is 7.11. The molecule has 2 heterocycles. The largest absolute Gasteiger partial charge is 0.444 e. The van der Waals surface area contributed by atoms with Crippen molar-refractivity contribution in [1.29, 1.82) is 5.26 Å². The molecular weight excluding hydrogens is 294 g/mol. The van der Waals surface area contributed by atoms with E-state index in [9.17, 15) is 10.1 Å². The number of aryl methyl sites for hydroxylation is 2. The first-order valence-corrected chi connectivity index (χ1v) is 7.11. The number of amides is 1. The van der Waals surface area contributed by atoms with Crippen LogP contribution < -0.4 is 5.32 Å². The van der Waals surface area contributed by atoms with Crippen molar-refractivity contribution in [2.45, 2.75) is 33.3 Å². The van der Waals surface area contributed by atoms with Crippen LogP contribution in [0.2, 0.25) is 0 Å². The van der Waals surface area contributed by atoms with E-state index in [1.807, 2.05) is 0 Å². The highest BCUT2D eigenvalue weighted by Crippen LogP contribution is 2.24. The number of carbonyl (C=O) groups is 1. The van der Waals surface area contributed by atoms with Crippen LogP contribution in [0.1, 0.15) is 32.2 Å². The SMILES string of the molecule is Cc1nc(-c2cnn(C)c2C#N)ccc1NC(=O)OC(C)(C)C. The molecule has 23 heavy (non-hydrogen) atoms. The lowest BCUT2D eigenvalue weighted by Crippen LogP contribution is -2.27. The van der Waals surface area contributed by atoms with Gasteiger partial charge >= 0.3 is 6.09 Å². The van der Waals surface area contributed by atoms with Gasteiger partial charge in [0.1, 0.15) is 17.4 Å². The molecule has 0 spiro atoms. The molecule has 2 aromatic rings. The van der Waals surface area contributed by atoms with E-state index in [1.165, 1.54) is 4.68 Å². The molecule has 1 N–H and O–H groups in total. The lowest BCUT2D eigenvalue weighted by atomic mass is 10.1. The third-order valence-electron chi connectivity index (χ3n) is 3.04. The molecule has 0 aromatic carbocycles. The topological polar surface area (TPSA) is 92.8 Å². The number of nitriles is 1. The van der Waals surface area contributed by atoms with Crippen molar-refractivity contribution in [3.8, 4) is 17.3 Å². The fourth-order valence-corrected chi connectivity index (χ4v) is 2.01. The lowest BCUT2D eigenvalue weighted by molar-refractivity contribution is 0.0635. The molecule has 0 atom stereocenters. The molecule has 7 nitrogen and oxygen atoms in total. The maximum Gasteiger partial charge on any atom is 0.412 e. The van der Waals surface area contributed by atoms with Gasteiger partial charge in [0.2, 0.25) is 0 Å². The van der Waals surface area contributed by atoms with Gasteiger partial charge in [-0.15, -0.1) is 0 Å². The Balaban J connectivity index is 2.25. The summed E-state index contributed by atoms with van der Waals surface area (Å²) in [6.07, 6.45) is 1.07. The number of hydrogen-bond acceptors (Lipinski definition) is 5. The number of ether oxygens (including phenoxy) is 1. The van der Waals surface area contributed by atoms with Crippen LogP contribution >= 0.6 is 0 Å². The Labute approximate surface area is 134 Å². The lowest BCUT2D eigenvalue weighted by Gasteiger charge is -2.20. The molecule has 0 saturated carbocycles. The van der Waals surface area contributed by atoms with Crippen molar-refractivity contribution < 1.29 is 9.53 Å². The Hall–Kier alpha value is -2.88. The smallest absolute Gasteiger partial charge is 0.412 e. The zero-order chi connectivity index (χ0) is 17.2. The summed E-state index contributed by atoms with van der Waals surface area (Å²) in [6, 6.07) is 5.57. The van der Waals surface area contributed by atoms with E-state index in [0.29, 0.717) is 28.3 Å². The quantitative estimate of drug-likeness (QED) is 0.920. The summed E-state index contributed by atoms with van der Waals surface area (Å²) in [4.78, 5) is 16.3. The molecule has 1 amide bonds. The van der Waals surface area contributed by atoms with Crippen LogP contribution in [0.25, 0.3) is 11.3 Å². The minimum absolute atomic E-state index is 0.435. The first kappa shape index (κ1) is 16.5. The van der Waals surface area contributed by atoms with Crippen LogP contribution in [0.5, 0.6) is 0 Å². The van der Waals surface area contributed by atoms with Gasteiger partial charge in [-0.05, 0) is 39.8 Å². The van der Waals surface area contributed by atoms with Crippen LogP contribution in [0.3, 0.4) is 0 Å². The standard InChI is InChI=1S/C16H19N5O2/c1-10-12(20-15(22)23-16(2,3)4)6-7-13(19-10)11-9-18-21(5)14(11)8-17/h6-7,9H,1-5H3,(H,20,22). The predicted octanol–water partition coefficient (Wildman–Crippen LogP) is 3.01. The number of nitrogens with one attached hydrogen (secondary N) is 1. The number of pyridine rings is 1. The monoisotopic (exact) mass is 313 g/mol. The second-order valence-electron chi connectivity index (χ2n) is 6.10. The zero-order valence-corrected chi connectivity index (χ0v) is 13.8. The number of aromatic nitrogens is 3. The fourth-order valence-electron chi connectivity index (χ4n) is 2.01. The molecule has 2 aromatic heterocycles. The molecule has 0 aliphatic carbocycles. The van der Waals surface area contributed by atoms with Crippen molar-refractivity contribution in [2.75, 3.05) is 5.32 Å². The average Bonchev–Trinajstić information content (AvgIpc) is 2.80. The van der Waals surface area contributed by atoms with Crippen LogP contribution in [-0.2, 0) is 11.8 Å². The van der Waals surface area contributed by atoms with Crippen molar-refractivity contribution in [3.63, 3.8) is 0 Å². The average molecular weight is 313 g/mol. The van der Waals surface area contributed by atoms with Crippen molar-refractivity contribution in [3.05, 3.63) is 29.7 Å². The Morgan fingerprint density at radius 3 is 2.65 bits per heavy atom. The molecule has 0 bridgehead atoms. The minimum atomic E-state index is -0.567. The molecule has 0 fully saturated rings. The molecule has 0 unspecified atom stereocenters. The van der Waals surface area contributed by atoms with Gasteiger partial charge in [0.05, 0.1) is 28.8 Å². The van der Waals surface area contributed by atoms with E-state index >= 15 is 0 Å². The number of hydrogen-bond donors (Lipinski definition) is 1. The van der Waals surface area contributed by atoms with E-state index < -0.39 is 11.7 Å². The summed E-state index contributed by atoms with van der Waals surface area (Å²) in [5.41, 5.74) is 2.34. The van der Waals surface area contributed by atoms with Crippen LogP contribution in [0.15, 0.2) is 18.3 Å². The Morgan fingerprint density at radius 1 is 1.39 bits per heavy atom. The maximum absolute atomic E-state index is 11.8. The number of nitrogens with zero attached hydrogens (tertiary/aromatic N) is 4. The van der Waals surface area contributed by atoms with Crippen LogP contribution in [-0.4, -0.2) is 26.5 Å². The molecule has 0 aliphatic rings. The summed E-state index contributed by atoms with van der Waals surface area (Å²) in [7, 11) is 1.70. The van der Waals surface area contributed by atoms with Gasteiger partial charge in [-0.3, -0.25) is 15.0 Å². The van der Waals surface area contributed by atoms with E-state index in [1.54, 1.807) is 53.1 Å². The second-order valence-corrected chi connectivity index (χ2v) is 6.10. The van der Waals surface area contributed by atoms with E-state index in [-0.39, 0.29) is 0 Å². The summed E-state index contributed by atoms with van der Waals surface area (Å²) < 4.78 is 6.72. The van der Waals surface area contributed by atoms with Gasteiger partial charge in [-0.2, -0.15) is 10.4 Å². The van der Waals surface area contributed by atoms with E-state index in [4.69, 9.17) is 4.74 Å². The molecule has 120 valence electrons. The van der Waals surface area contributed by atoms with Gasteiger partial charge < -0.3 is 4.74 Å². The highest BCUT2D eigenvalue weighted by atomic mass is 16.6. The second kappa shape index (κ2) is 6.08. The summed E-state index contributed by atoms with van der Waals surface area (Å²) >= 11 is 0. The van der Waals surface area contributed by atoms with Gasteiger partial charge in [0, 0.05) is 7.05 Å². The number of anilines is 1. The molecule has 7 heteroatoms. The predicted molar refractivity (Wildman–Crippen MR) is 85.7 cm³/mol. The van der Waals surface area contributed by atoms with E-state index in [2.05, 4.69) is 21.5 Å². The molecule has 2 rings (SSSR count). The highest BCUT2D eigenvalue weighted by molar-refractivity contribution is 5.86. The van der Waals surface area contributed by atoms with Gasteiger partial charge in [-0.25, -0.2) is 4.79 Å². The Morgan fingerprint density at radius 2 is 2.09 bits per heavy atom.